The first-order valence-electron chi connectivity index (χ1n) is 4.64. The van der Waals surface area contributed by atoms with Crippen molar-refractivity contribution in [1.29, 1.82) is 0 Å². The number of pyridine rings is 1. The summed E-state index contributed by atoms with van der Waals surface area (Å²) < 4.78 is 0. The molecule has 0 atom stereocenters. The Morgan fingerprint density at radius 2 is 1.82 bits per heavy atom. The zero-order valence-electron chi connectivity index (χ0n) is 8.82. The molecule has 0 aliphatic carbocycles. The van der Waals surface area contributed by atoms with Crippen molar-refractivity contribution in [2.75, 3.05) is 5.73 Å². The second kappa shape index (κ2) is 5.08. The van der Waals surface area contributed by atoms with Gasteiger partial charge in [-0.3, -0.25) is 0 Å². The third kappa shape index (κ3) is 3.00. The highest BCUT2D eigenvalue weighted by Crippen LogP contribution is 2.33. The Bertz CT molecular complexity index is 545. The molecule has 2 aromatic rings. The molecule has 2 rings (SSSR count). The van der Waals surface area contributed by atoms with Gasteiger partial charge in [0.25, 0.3) is 0 Å². The normalized spacial score (nSPS) is 10.5. The van der Waals surface area contributed by atoms with Gasteiger partial charge in [0.2, 0.25) is 0 Å². The number of nitrogens with two attached hydrogens (primary N) is 1. The van der Waals surface area contributed by atoms with Crippen LogP contribution in [0.3, 0.4) is 0 Å². The van der Waals surface area contributed by atoms with Crippen LogP contribution in [0.15, 0.2) is 28.6 Å². The van der Waals surface area contributed by atoms with Crippen molar-refractivity contribution in [3.05, 3.63) is 34.1 Å². The smallest absolute Gasteiger partial charge is 0.193 e. The number of aromatic nitrogens is 3. The molecule has 0 unspecified atom stereocenters. The van der Waals surface area contributed by atoms with Crippen LogP contribution in [0, 0.1) is 6.92 Å². The average Bonchev–Trinajstić information content (AvgIpc) is 2.29. The van der Waals surface area contributed by atoms with Gasteiger partial charge in [-0.05, 0) is 30.3 Å². The average molecular weight is 287 g/mol. The van der Waals surface area contributed by atoms with Crippen LogP contribution in [-0.4, -0.2) is 15.0 Å². The molecule has 2 heterocycles. The minimum Gasteiger partial charge on any atom is -0.382 e. The summed E-state index contributed by atoms with van der Waals surface area (Å²) in [6.07, 6.45) is 3.45. The largest absolute Gasteiger partial charge is 0.382 e. The van der Waals surface area contributed by atoms with Crippen LogP contribution < -0.4 is 5.73 Å². The van der Waals surface area contributed by atoms with E-state index in [4.69, 9.17) is 28.9 Å². The highest BCUT2D eigenvalue weighted by Gasteiger charge is 2.10. The van der Waals surface area contributed by atoms with Crippen LogP contribution in [0.2, 0.25) is 10.0 Å². The van der Waals surface area contributed by atoms with Gasteiger partial charge in [0, 0.05) is 12.4 Å². The lowest BCUT2D eigenvalue weighted by molar-refractivity contribution is 0.945. The van der Waals surface area contributed by atoms with Gasteiger partial charge in [-0.25, -0.2) is 15.0 Å². The van der Waals surface area contributed by atoms with Crippen LogP contribution in [0.5, 0.6) is 0 Å². The highest BCUT2D eigenvalue weighted by atomic mass is 35.5. The molecule has 7 heteroatoms. The standard InChI is InChI=1S/C10H8Cl2N4S/c1-5-3-14-10(15-4-5)17-9-7(12)2-6(11)8(13)16-9/h2-4H,1H3,(H2,13,16). The molecule has 0 aliphatic heterocycles. The number of halogens is 2. The van der Waals surface area contributed by atoms with E-state index in [1.807, 2.05) is 6.92 Å². The van der Waals surface area contributed by atoms with Crippen molar-refractivity contribution in [2.45, 2.75) is 17.1 Å². The summed E-state index contributed by atoms with van der Waals surface area (Å²) in [6, 6.07) is 1.56. The van der Waals surface area contributed by atoms with Crippen molar-refractivity contribution >= 4 is 40.8 Å². The van der Waals surface area contributed by atoms with Crippen molar-refractivity contribution in [1.82, 2.24) is 15.0 Å². The van der Waals surface area contributed by atoms with E-state index in [2.05, 4.69) is 15.0 Å². The van der Waals surface area contributed by atoms with E-state index < -0.39 is 0 Å². The Kier molecular flexibility index (Phi) is 3.71. The molecule has 0 saturated heterocycles. The summed E-state index contributed by atoms with van der Waals surface area (Å²) in [5.41, 5.74) is 6.60. The number of aryl methyl sites for hydroxylation is 1. The molecule has 88 valence electrons. The Balaban J connectivity index is 2.30. The molecular weight excluding hydrogens is 279 g/mol. The predicted molar refractivity (Wildman–Crippen MR) is 69.6 cm³/mol. The van der Waals surface area contributed by atoms with E-state index in [9.17, 15) is 0 Å². The fourth-order valence-corrected chi connectivity index (χ4v) is 2.21. The highest BCUT2D eigenvalue weighted by molar-refractivity contribution is 7.99. The summed E-state index contributed by atoms with van der Waals surface area (Å²) in [6.45, 7) is 1.92. The maximum absolute atomic E-state index is 6.00. The molecule has 0 spiro atoms. The Morgan fingerprint density at radius 3 is 2.47 bits per heavy atom. The summed E-state index contributed by atoms with van der Waals surface area (Å²) in [5.74, 6) is 0.241. The van der Waals surface area contributed by atoms with Crippen LogP contribution in [0.4, 0.5) is 5.82 Å². The first-order chi connectivity index (χ1) is 8.06. The Hall–Kier alpha value is -1.04. The van der Waals surface area contributed by atoms with Crippen LogP contribution >= 0.6 is 35.0 Å². The minimum atomic E-state index is 0.241. The van der Waals surface area contributed by atoms with Gasteiger partial charge in [-0.1, -0.05) is 23.2 Å². The lowest BCUT2D eigenvalue weighted by Crippen LogP contribution is -1.94. The Morgan fingerprint density at radius 1 is 1.18 bits per heavy atom. The maximum atomic E-state index is 6.00. The van der Waals surface area contributed by atoms with Crippen LogP contribution in [0.25, 0.3) is 0 Å². The molecule has 4 nitrogen and oxygen atoms in total. The monoisotopic (exact) mass is 286 g/mol. The van der Waals surface area contributed by atoms with E-state index in [0.29, 0.717) is 20.2 Å². The maximum Gasteiger partial charge on any atom is 0.193 e. The van der Waals surface area contributed by atoms with Gasteiger partial charge in [0.15, 0.2) is 5.16 Å². The fraction of sp³-hybridized carbons (Fsp3) is 0.100. The molecule has 17 heavy (non-hydrogen) atoms. The molecule has 0 aliphatic rings. The Labute approximate surface area is 113 Å². The van der Waals surface area contributed by atoms with Gasteiger partial charge < -0.3 is 5.73 Å². The van der Waals surface area contributed by atoms with Gasteiger partial charge in [0.05, 0.1) is 10.0 Å². The van der Waals surface area contributed by atoms with E-state index in [1.54, 1.807) is 18.5 Å². The fourth-order valence-electron chi connectivity index (χ4n) is 1.05. The summed E-state index contributed by atoms with van der Waals surface area (Å²) in [4.78, 5) is 12.4. The summed E-state index contributed by atoms with van der Waals surface area (Å²) in [5, 5.41) is 1.87. The second-order valence-electron chi connectivity index (χ2n) is 3.29. The third-order valence-corrected chi connectivity index (χ3v) is 3.47. The van der Waals surface area contributed by atoms with Gasteiger partial charge >= 0.3 is 0 Å². The van der Waals surface area contributed by atoms with Gasteiger partial charge in [-0.15, -0.1) is 0 Å². The van der Waals surface area contributed by atoms with Crippen molar-refractivity contribution in [3.8, 4) is 0 Å². The van der Waals surface area contributed by atoms with E-state index in [1.165, 1.54) is 11.8 Å². The minimum absolute atomic E-state index is 0.241. The quantitative estimate of drug-likeness (QED) is 0.859. The molecule has 2 aromatic heterocycles. The molecule has 0 saturated carbocycles. The van der Waals surface area contributed by atoms with Gasteiger partial charge in [-0.2, -0.15) is 0 Å². The number of anilines is 1. The molecule has 0 fully saturated rings. The molecule has 0 bridgehead atoms. The van der Waals surface area contributed by atoms with E-state index in [-0.39, 0.29) is 5.82 Å². The number of hydrogen-bond acceptors (Lipinski definition) is 5. The van der Waals surface area contributed by atoms with Crippen molar-refractivity contribution < 1.29 is 0 Å². The summed E-state index contributed by atoms with van der Waals surface area (Å²) >= 11 is 13.0. The molecule has 0 amide bonds. The van der Waals surface area contributed by atoms with Crippen LogP contribution in [0.1, 0.15) is 5.56 Å². The second-order valence-corrected chi connectivity index (χ2v) is 5.06. The predicted octanol–water partition coefficient (Wildman–Crippen LogP) is 3.22. The zero-order chi connectivity index (χ0) is 12.4. The first kappa shape index (κ1) is 12.4. The number of nitrogen functional groups attached to an aromatic ring is 1. The molecule has 2 N–H and O–H groups in total. The van der Waals surface area contributed by atoms with E-state index >= 15 is 0 Å². The van der Waals surface area contributed by atoms with Crippen molar-refractivity contribution in [2.24, 2.45) is 0 Å². The number of nitrogens with zero attached hydrogens (tertiary/aromatic N) is 3. The first-order valence-corrected chi connectivity index (χ1v) is 6.21. The van der Waals surface area contributed by atoms with Gasteiger partial charge in [0.1, 0.15) is 10.8 Å². The molecule has 0 aromatic carbocycles. The number of hydrogen-bond donors (Lipinski definition) is 1. The lowest BCUT2D eigenvalue weighted by atomic mass is 10.4. The summed E-state index contributed by atoms with van der Waals surface area (Å²) in [7, 11) is 0. The number of rotatable bonds is 2. The van der Waals surface area contributed by atoms with Crippen molar-refractivity contribution in [3.63, 3.8) is 0 Å². The topological polar surface area (TPSA) is 64.7 Å². The molecule has 0 radical (unpaired) electrons. The lowest BCUT2D eigenvalue weighted by Gasteiger charge is -2.04. The molecular formula is C10H8Cl2N4S. The zero-order valence-corrected chi connectivity index (χ0v) is 11.1. The SMILES string of the molecule is Cc1cnc(Sc2nc(N)c(Cl)cc2Cl)nc1. The third-order valence-electron chi connectivity index (χ3n) is 1.87. The van der Waals surface area contributed by atoms with Crippen LogP contribution in [-0.2, 0) is 0 Å². The van der Waals surface area contributed by atoms with E-state index in [0.717, 1.165) is 5.56 Å².